The van der Waals surface area contributed by atoms with E-state index in [9.17, 15) is 19.5 Å². The van der Waals surface area contributed by atoms with Crippen molar-refractivity contribution in [3.63, 3.8) is 0 Å². The van der Waals surface area contributed by atoms with E-state index in [1.807, 2.05) is 6.92 Å². The molecule has 0 spiro atoms. The number of nitrogens with one attached hydrogen (secondary N) is 1. The molecule has 0 aliphatic carbocycles. The lowest BCUT2D eigenvalue weighted by Crippen LogP contribution is -2.53. The normalized spacial score (nSPS) is 35.6. The molecule has 3 saturated heterocycles. The molecule has 7 nitrogen and oxygen atoms in total. The van der Waals surface area contributed by atoms with E-state index in [0.717, 1.165) is 12.8 Å². The molecular formula is C14H21N3O4. The quantitative estimate of drug-likeness (QED) is 0.711. The second kappa shape index (κ2) is 5.20. The first-order chi connectivity index (χ1) is 9.99. The number of fused-ring (bicyclic) bond motifs is 1. The van der Waals surface area contributed by atoms with Gasteiger partial charge in [-0.2, -0.15) is 0 Å². The van der Waals surface area contributed by atoms with Crippen molar-refractivity contribution in [1.82, 2.24) is 15.1 Å². The number of carboxylic acid groups (broad SMARTS) is 1. The molecule has 2 N–H and O–H groups in total. The predicted molar refractivity (Wildman–Crippen MR) is 73.5 cm³/mol. The van der Waals surface area contributed by atoms with Gasteiger partial charge in [0.2, 0.25) is 5.91 Å². The highest BCUT2D eigenvalue weighted by atomic mass is 16.4. The van der Waals surface area contributed by atoms with Gasteiger partial charge in [-0.05, 0) is 18.8 Å². The number of carbonyl (C=O) groups is 3. The third-order valence-electron chi connectivity index (χ3n) is 5.05. The number of amides is 3. The number of rotatable bonds is 1. The molecule has 0 bridgehead atoms. The summed E-state index contributed by atoms with van der Waals surface area (Å²) in [5, 5.41) is 12.0. The van der Waals surface area contributed by atoms with Crippen molar-refractivity contribution in [2.75, 3.05) is 26.2 Å². The molecule has 4 atom stereocenters. The molecule has 3 heterocycles. The smallest absolute Gasteiger partial charge is 0.320 e. The molecule has 0 aromatic carbocycles. The van der Waals surface area contributed by atoms with Crippen molar-refractivity contribution in [3.8, 4) is 0 Å². The van der Waals surface area contributed by atoms with Crippen LogP contribution < -0.4 is 5.32 Å². The van der Waals surface area contributed by atoms with E-state index in [-0.39, 0.29) is 36.4 Å². The third kappa shape index (κ3) is 2.34. The van der Waals surface area contributed by atoms with Crippen LogP contribution in [0.4, 0.5) is 4.79 Å². The summed E-state index contributed by atoms with van der Waals surface area (Å²) < 4.78 is 0. The Kier molecular flexibility index (Phi) is 3.51. The first kappa shape index (κ1) is 14.2. The Hall–Kier alpha value is -1.79. The maximum atomic E-state index is 12.7. The lowest BCUT2D eigenvalue weighted by molar-refractivity contribution is -0.142. The lowest BCUT2D eigenvalue weighted by Gasteiger charge is -2.38. The zero-order valence-electron chi connectivity index (χ0n) is 12.1. The van der Waals surface area contributed by atoms with Gasteiger partial charge < -0.3 is 20.2 Å². The predicted octanol–water partition coefficient (Wildman–Crippen LogP) is -0.0307. The van der Waals surface area contributed by atoms with Gasteiger partial charge in [0.25, 0.3) is 0 Å². The van der Waals surface area contributed by atoms with Crippen molar-refractivity contribution < 1.29 is 19.5 Å². The van der Waals surface area contributed by atoms with Crippen LogP contribution in [-0.2, 0) is 9.59 Å². The molecule has 4 unspecified atom stereocenters. The molecule has 3 aliphatic heterocycles. The van der Waals surface area contributed by atoms with Gasteiger partial charge in [0, 0.05) is 26.2 Å². The van der Waals surface area contributed by atoms with E-state index in [4.69, 9.17) is 0 Å². The standard InChI is InChI=1S/C14H21N3O4/c1-8-6-16(7-10(8)13(19)20)14(21)17-4-2-3-9-11(17)5-15-12(9)18/h8-11H,2-7H2,1H3,(H,15,18)(H,19,20). The Morgan fingerprint density at radius 1 is 1.33 bits per heavy atom. The lowest BCUT2D eigenvalue weighted by atomic mass is 9.92. The van der Waals surface area contributed by atoms with Gasteiger partial charge in [-0.25, -0.2) is 4.79 Å². The average molecular weight is 295 g/mol. The number of hydrogen-bond donors (Lipinski definition) is 2. The summed E-state index contributed by atoms with van der Waals surface area (Å²) in [7, 11) is 0. The Morgan fingerprint density at radius 3 is 2.76 bits per heavy atom. The van der Waals surface area contributed by atoms with Crippen molar-refractivity contribution in [1.29, 1.82) is 0 Å². The molecule has 0 aromatic rings. The van der Waals surface area contributed by atoms with Crippen LogP contribution in [0.25, 0.3) is 0 Å². The molecule has 116 valence electrons. The minimum Gasteiger partial charge on any atom is -0.481 e. The number of carboxylic acids is 1. The van der Waals surface area contributed by atoms with Crippen molar-refractivity contribution in [3.05, 3.63) is 0 Å². The van der Waals surface area contributed by atoms with E-state index in [1.165, 1.54) is 0 Å². The highest BCUT2D eigenvalue weighted by Gasteiger charge is 2.45. The zero-order chi connectivity index (χ0) is 15.1. The summed E-state index contributed by atoms with van der Waals surface area (Å²) in [6.45, 7) is 3.78. The van der Waals surface area contributed by atoms with Crippen LogP contribution in [0.1, 0.15) is 19.8 Å². The number of hydrogen-bond acceptors (Lipinski definition) is 3. The zero-order valence-corrected chi connectivity index (χ0v) is 12.1. The van der Waals surface area contributed by atoms with Crippen molar-refractivity contribution in [2.24, 2.45) is 17.8 Å². The SMILES string of the molecule is CC1CN(C(=O)N2CCCC3C(=O)NCC32)CC1C(=O)O. The van der Waals surface area contributed by atoms with Crippen LogP contribution in [0.15, 0.2) is 0 Å². The van der Waals surface area contributed by atoms with Gasteiger partial charge in [-0.3, -0.25) is 9.59 Å². The molecule has 3 aliphatic rings. The Bertz CT molecular complexity index is 481. The first-order valence-electron chi connectivity index (χ1n) is 7.55. The Balaban J connectivity index is 1.71. The van der Waals surface area contributed by atoms with Gasteiger partial charge in [-0.1, -0.05) is 6.92 Å². The van der Waals surface area contributed by atoms with Crippen LogP contribution in [0.2, 0.25) is 0 Å². The fourth-order valence-electron chi connectivity index (χ4n) is 3.82. The van der Waals surface area contributed by atoms with Gasteiger partial charge in [0.05, 0.1) is 17.9 Å². The van der Waals surface area contributed by atoms with Crippen LogP contribution in [0, 0.1) is 17.8 Å². The topological polar surface area (TPSA) is 90.0 Å². The van der Waals surface area contributed by atoms with Gasteiger partial charge in [-0.15, -0.1) is 0 Å². The van der Waals surface area contributed by atoms with Crippen molar-refractivity contribution in [2.45, 2.75) is 25.8 Å². The van der Waals surface area contributed by atoms with E-state index >= 15 is 0 Å². The summed E-state index contributed by atoms with van der Waals surface area (Å²) >= 11 is 0. The second-order valence-corrected chi connectivity index (χ2v) is 6.36. The number of piperidine rings is 1. The molecule has 21 heavy (non-hydrogen) atoms. The van der Waals surface area contributed by atoms with Crippen LogP contribution in [0.3, 0.4) is 0 Å². The number of carbonyl (C=O) groups excluding carboxylic acids is 2. The average Bonchev–Trinajstić information content (AvgIpc) is 3.02. The van der Waals surface area contributed by atoms with Crippen molar-refractivity contribution >= 4 is 17.9 Å². The third-order valence-corrected chi connectivity index (χ3v) is 5.05. The first-order valence-corrected chi connectivity index (χ1v) is 7.55. The maximum absolute atomic E-state index is 12.7. The van der Waals surface area contributed by atoms with E-state index in [1.54, 1.807) is 9.80 Å². The van der Waals surface area contributed by atoms with Gasteiger partial charge >= 0.3 is 12.0 Å². The van der Waals surface area contributed by atoms with E-state index in [2.05, 4.69) is 5.32 Å². The minimum absolute atomic E-state index is 0.0321. The molecule has 0 radical (unpaired) electrons. The minimum atomic E-state index is -0.841. The van der Waals surface area contributed by atoms with E-state index in [0.29, 0.717) is 19.6 Å². The van der Waals surface area contributed by atoms with Crippen LogP contribution >= 0.6 is 0 Å². The molecule has 3 fully saturated rings. The Morgan fingerprint density at radius 2 is 2.10 bits per heavy atom. The van der Waals surface area contributed by atoms with Crippen LogP contribution in [0.5, 0.6) is 0 Å². The summed E-state index contributed by atoms with van der Waals surface area (Å²) in [5.74, 6) is -1.42. The second-order valence-electron chi connectivity index (χ2n) is 6.36. The number of aliphatic carboxylic acids is 1. The summed E-state index contributed by atoms with van der Waals surface area (Å²) in [6, 6.07) is -0.185. The molecule has 0 saturated carbocycles. The monoisotopic (exact) mass is 295 g/mol. The molecular weight excluding hydrogens is 274 g/mol. The summed E-state index contributed by atoms with van der Waals surface area (Å²) in [6.07, 6.45) is 1.65. The molecule has 3 amide bonds. The number of nitrogens with zero attached hydrogens (tertiary/aromatic N) is 2. The summed E-state index contributed by atoms with van der Waals surface area (Å²) in [5.41, 5.74) is 0. The van der Waals surface area contributed by atoms with Gasteiger partial charge in [0.15, 0.2) is 0 Å². The van der Waals surface area contributed by atoms with Gasteiger partial charge in [0.1, 0.15) is 0 Å². The largest absolute Gasteiger partial charge is 0.481 e. The number of likely N-dealkylation sites (tertiary alicyclic amines) is 2. The highest BCUT2D eigenvalue weighted by Crippen LogP contribution is 2.30. The summed E-state index contributed by atoms with van der Waals surface area (Å²) in [4.78, 5) is 39.0. The molecule has 0 aromatic heterocycles. The molecule has 7 heteroatoms. The molecule has 3 rings (SSSR count). The Labute approximate surface area is 123 Å². The fraction of sp³-hybridized carbons (Fsp3) is 0.786. The van der Waals surface area contributed by atoms with E-state index < -0.39 is 11.9 Å². The van der Waals surface area contributed by atoms with Crippen LogP contribution in [-0.4, -0.2) is 65.0 Å². The maximum Gasteiger partial charge on any atom is 0.320 e. The fourth-order valence-corrected chi connectivity index (χ4v) is 3.82. The number of urea groups is 1. The highest BCUT2D eigenvalue weighted by molar-refractivity contribution is 5.84.